The van der Waals surface area contributed by atoms with Crippen LogP contribution in [-0.4, -0.2) is 57.4 Å². The van der Waals surface area contributed by atoms with Gasteiger partial charge in [-0.2, -0.15) is 10.4 Å². The third kappa shape index (κ3) is 4.41. The zero-order valence-corrected chi connectivity index (χ0v) is 21.3. The van der Waals surface area contributed by atoms with Crippen molar-refractivity contribution < 1.29 is 13.9 Å². The fourth-order valence-corrected chi connectivity index (χ4v) is 5.64. The van der Waals surface area contributed by atoms with E-state index in [1.807, 2.05) is 19.1 Å². The standard InChI is InChI=1S/C27H27FN6O2.ClH/c1-16-24-25(20(15-29)26(30-27(24)32-31-16)19-5-4-18(35)14-21(19)28)22-6-7-23(36-22)34-12-8-17(9-13-34)33-10-2-3-11-33;/h4-7,14,17,35H,2-3,8-13H2,1H3,(H,30,31,32);1H. The van der Waals surface area contributed by atoms with Crippen LogP contribution >= 0.6 is 12.4 Å². The van der Waals surface area contributed by atoms with Crippen molar-refractivity contribution in [1.29, 1.82) is 5.26 Å². The Hall–Kier alpha value is -3.61. The molecule has 37 heavy (non-hydrogen) atoms. The summed E-state index contributed by atoms with van der Waals surface area (Å²) in [5.74, 6) is 0.409. The first kappa shape index (κ1) is 25.1. The Morgan fingerprint density at radius 3 is 2.59 bits per heavy atom. The van der Waals surface area contributed by atoms with E-state index in [-0.39, 0.29) is 35.0 Å². The number of furan rings is 1. The highest BCUT2D eigenvalue weighted by molar-refractivity contribution is 5.99. The fourth-order valence-electron chi connectivity index (χ4n) is 5.64. The van der Waals surface area contributed by atoms with Gasteiger partial charge >= 0.3 is 0 Å². The molecule has 1 aromatic carbocycles. The second kappa shape index (κ2) is 10.0. The summed E-state index contributed by atoms with van der Waals surface area (Å²) < 4.78 is 21.2. The zero-order valence-electron chi connectivity index (χ0n) is 20.5. The smallest absolute Gasteiger partial charge is 0.196 e. The normalized spacial score (nSPS) is 16.7. The minimum Gasteiger partial charge on any atom is -0.508 e. The Labute approximate surface area is 220 Å². The van der Waals surface area contributed by atoms with E-state index in [0.29, 0.717) is 28.4 Å². The molecule has 8 nitrogen and oxygen atoms in total. The second-order valence-corrected chi connectivity index (χ2v) is 9.63. The Balaban J connectivity index is 0.00000280. The minimum atomic E-state index is -0.669. The number of anilines is 1. The lowest BCUT2D eigenvalue weighted by atomic mass is 9.96. The number of phenols is 1. The summed E-state index contributed by atoms with van der Waals surface area (Å²) in [5.41, 5.74) is 2.12. The van der Waals surface area contributed by atoms with Crippen LogP contribution in [0.2, 0.25) is 0 Å². The zero-order chi connectivity index (χ0) is 24.8. The van der Waals surface area contributed by atoms with E-state index in [0.717, 1.165) is 43.6 Å². The van der Waals surface area contributed by atoms with E-state index < -0.39 is 5.82 Å². The molecular formula is C27H28ClFN6O2. The van der Waals surface area contributed by atoms with Gasteiger partial charge < -0.3 is 19.3 Å². The average molecular weight is 523 g/mol. The van der Waals surface area contributed by atoms with E-state index in [1.165, 1.54) is 38.1 Å². The molecule has 5 heterocycles. The van der Waals surface area contributed by atoms with Crippen molar-refractivity contribution in [3.63, 3.8) is 0 Å². The SMILES string of the molecule is Cc1[nH]nc2nc(-c3ccc(O)cc3F)c(C#N)c(-c3ccc(N4CCC(N5CCCC5)CC4)o3)c12.Cl. The lowest BCUT2D eigenvalue weighted by Gasteiger charge is -2.36. The van der Waals surface area contributed by atoms with Gasteiger partial charge in [0.1, 0.15) is 23.4 Å². The largest absolute Gasteiger partial charge is 0.508 e. The van der Waals surface area contributed by atoms with E-state index >= 15 is 0 Å². The average Bonchev–Trinajstić information content (AvgIpc) is 3.65. The van der Waals surface area contributed by atoms with E-state index in [9.17, 15) is 14.8 Å². The summed E-state index contributed by atoms with van der Waals surface area (Å²) in [6, 6.07) is 10.5. The number of likely N-dealkylation sites (tertiary alicyclic amines) is 1. The van der Waals surface area contributed by atoms with Crippen molar-refractivity contribution in [3.05, 3.63) is 47.4 Å². The van der Waals surface area contributed by atoms with Crippen LogP contribution < -0.4 is 4.90 Å². The molecule has 6 rings (SSSR count). The van der Waals surface area contributed by atoms with Crippen molar-refractivity contribution >= 4 is 29.3 Å². The molecule has 0 amide bonds. The molecular weight excluding hydrogens is 495 g/mol. The first-order chi connectivity index (χ1) is 17.5. The number of aromatic amines is 1. The molecule has 0 unspecified atom stereocenters. The quantitative estimate of drug-likeness (QED) is 0.370. The van der Waals surface area contributed by atoms with Crippen molar-refractivity contribution in [2.75, 3.05) is 31.1 Å². The lowest BCUT2D eigenvalue weighted by molar-refractivity contribution is 0.206. The molecule has 2 N–H and O–H groups in total. The van der Waals surface area contributed by atoms with Gasteiger partial charge in [0, 0.05) is 42.5 Å². The van der Waals surface area contributed by atoms with Crippen molar-refractivity contribution in [2.24, 2.45) is 0 Å². The highest BCUT2D eigenvalue weighted by Crippen LogP contribution is 2.40. The lowest BCUT2D eigenvalue weighted by Crippen LogP contribution is -2.43. The summed E-state index contributed by atoms with van der Waals surface area (Å²) in [4.78, 5) is 9.38. The van der Waals surface area contributed by atoms with Gasteiger partial charge in [-0.05, 0) is 63.9 Å². The predicted octanol–water partition coefficient (Wildman–Crippen LogP) is 5.40. The molecule has 0 spiro atoms. The minimum absolute atomic E-state index is 0. The number of piperidine rings is 1. The van der Waals surface area contributed by atoms with Gasteiger partial charge in [-0.1, -0.05) is 0 Å². The predicted molar refractivity (Wildman–Crippen MR) is 141 cm³/mol. The first-order valence-electron chi connectivity index (χ1n) is 12.4. The van der Waals surface area contributed by atoms with Gasteiger partial charge in [-0.25, -0.2) is 9.37 Å². The van der Waals surface area contributed by atoms with E-state index in [2.05, 4.69) is 31.1 Å². The van der Waals surface area contributed by atoms with Crippen LogP contribution in [0.5, 0.6) is 5.75 Å². The Morgan fingerprint density at radius 2 is 1.89 bits per heavy atom. The molecule has 2 fully saturated rings. The topological polar surface area (TPSA) is 105 Å². The molecule has 0 aliphatic carbocycles. The van der Waals surface area contributed by atoms with Gasteiger partial charge in [0.15, 0.2) is 11.5 Å². The Morgan fingerprint density at radius 1 is 1.14 bits per heavy atom. The number of halogens is 2. The molecule has 0 saturated carbocycles. The monoisotopic (exact) mass is 522 g/mol. The second-order valence-electron chi connectivity index (χ2n) is 9.63. The van der Waals surface area contributed by atoms with Crippen molar-refractivity contribution in [2.45, 2.75) is 38.6 Å². The fraction of sp³-hybridized carbons (Fsp3) is 0.370. The maximum atomic E-state index is 14.8. The van der Waals surface area contributed by atoms with Gasteiger partial charge in [0.25, 0.3) is 0 Å². The van der Waals surface area contributed by atoms with Gasteiger partial charge in [0.05, 0.1) is 22.2 Å². The summed E-state index contributed by atoms with van der Waals surface area (Å²) in [6.45, 7) is 6.10. The number of phenolic OH excluding ortho intramolecular Hbond substituents is 1. The maximum absolute atomic E-state index is 14.8. The number of hydrogen-bond donors (Lipinski definition) is 2. The maximum Gasteiger partial charge on any atom is 0.196 e. The highest BCUT2D eigenvalue weighted by Gasteiger charge is 2.29. The first-order valence-corrected chi connectivity index (χ1v) is 12.4. The number of nitrogens with one attached hydrogen (secondary N) is 1. The molecule has 0 bridgehead atoms. The number of nitrogens with zero attached hydrogens (tertiary/aromatic N) is 5. The van der Waals surface area contributed by atoms with Crippen LogP contribution in [0.3, 0.4) is 0 Å². The van der Waals surface area contributed by atoms with Crippen molar-refractivity contribution in [3.8, 4) is 34.4 Å². The summed E-state index contributed by atoms with van der Waals surface area (Å²) in [5, 5.41) is 27.7. The number of rotatable bonds is 4. The summed E-state index contributed by atoms with van der Waals surface area (Å²) in [6.07, 6.45) is 4.80. The van der Waals surface area contributed by atoms with E-state index in [1.54, 1.807) is 0 Å². The number of aromatic hydroxyl groups is 1. The van der Waals surface area contributed by atoms with Crippen LogP contribution in [-0.2, 0) is 0 Å². The molecule has 10 heteroatoms. The van der Waals surface area contributed by atoms with Crippen LogP contribution in [0.4, 0.5) is 10.3 Å². The van der Waals surface area contributed by atoms with Gasteiger partial charge in [0.2, 0.25) is 0 Å². The van der Waals surface area contributed by atoms with Gasteiger partial charge in [-0.15, -0.1) is 12.4 Å². The molecule has 0 radical (unpaired) electrons. The number of fused-ring (bicyclic) bond motifs is 1. The molecule has 2 saturated heterocycles. The number of aryl methyl sites for hydroxylation is 1. The molecule has 3 aromatic heterocycles. The molecule has 4 aromatic rings. The van der Waals surface area contributed by atoms with Crippen LogP contribution in [0, 0.1) is 24.1 Å². The van der Waals surface area contributed by atoms with Gasteiger partial charge in [-0.3, -0.25) is 5.10 Å². The Kier molecular flexibility index (Phi) is 6.80. The van der Waals surface area contributed by atoms with Crippen LogP contribution in [0.15, 0.2) is 34.7 Å². The summed E-state index contributed by atoms with van der Waals surface area (Å²) in [7, 11) is 0. The number of benzene rings is 1. The molecule has 0 atom stereocenters. The highest BCUT2D eigenvalue weighted by atomic mass is 35.5. The Bertz CT molecular complexity index is 1480. The van der Waals surface area contributed by atoms with Crippen LogP contribution in [0.1, 0.15) is 36.9 Å². The van der Waals surface area contributed by atoms with E-state index in [4.69, 9.17) is 4.42 Å². The molecule has 192 valence electrons. The van der Waals surface area contributed by atoms with Crippen molar-refractivity contribution in [1.82, 2.24) is 20.1 Å². The van der Waals surface area contributed by atoms with Crippen LogP contribution in [0.25, 0.3) is 33.6 Å². The summed E-state index contributed by atoms with van der Waals surface area (Å²) >= 11 is 0. The molecule has 2 aliphatic rings. The molecule has 2 aliphatic heterocycles. The number of nitriles is 1. The number of H-pyrrole nitrogens is 1. The number of aromatic nitrogens is 3. The number of hydrogen-bond acceptors (Lipinski definition) is 7. The number of pyridine rings is 1. The third-order valence-electron chi connectivity index (χ3n) is 7.47. The third-order valence-corrected chi connectivity index (χ3v) is 7.47.